The molecule has 102 valence electrons. The average Bonchev–Trinajstić information content (AvgIpc) is 2.79. The lowest BCUT2D eigenvalue weighted by Gasteiger charge is -2.16. The molecule has 1 aliphatic rings. The van der Waals surface area contributed by atoms with Crippen LogP contribution in [0.25, 0.3) is 0 Å². The van der Waals surface area contributed by atoms with Crippen molar-refractivity contribution in [3.63, 3.8) is 0 Å². The molecule has 0 spiro atoms. The number of anilines is 1. The van der Waals surface area contributed by atoms with Crippen molar-refractivity contribution < 1.29 is 9.59 Å². The third kappa shape index (κ3) is 3.07. The van der Waals surface area contributed by atoms with Gasteiger partial charge < -0.3 is 10.2 Å². The minimum Gasteiger partial charge on any atom is -0.355 e. The van der Waals surface area contributed by atoms with Gasteiger partial charge in [0.2, 0.25) is 11.8 Å². The number of amides is 2. The van der Waals surface area contributed by atoms with Crippen LogP contribution in [0, 0.1) is 5.92 Å². The maximum Gasteiger partial charge on any atom is 0.239 e. The van der Waals surface area contributed by atoms with E-state index in [1.165, 1.54) is 0 Å². The molecule has 0 aliphatic carbocycles. The van der Waals surface area contributed by atoms with E-state index in [-0.39, 0.29) is 11.8 Å². The molecular formula is C14H17ClN2O2. The van der Waals surface area contributed by atoms with Crippen LogP contribution < -0.4 is 10.2 Å². The van der Waals surface area contributed by atoms with E-state index in [0.717, 1.165) is 12.1 Å². The lowest BCUT2D eigenvalue weighted by molar-refractivity contribution is -0.132. The van der Waals surface area contributed by atoms with Gasteiger partial charge in [0.15, 0.2) is 0 Å². The predicted octanol–water partition coefficient (Wildman–Crippen LogP) is 2.22. The number of benzene rings is 1. The van der Waals surface area contributed by atoms with Crippen LogP contribution in [0.4, 0.5) is 5.69 Å². The molecule has 4 nitrogen and oxygen atoms in total. The van der Waals surface area contributed by atoms with Crippen molar-refractivity contribution in [2.24, 2.45) is 5.92 Å². The zero-order valence-corrected chi connectivity index (χ0v) is 11.6. The molecule has 0 radical (unpaired) electrons. The maximum absolute atomic E-state index is 12.2. The summed E-state index contributed by atoms with van der Waals surface area (Å²) in [5, 5.41) is 3.41. The second-order valence-corrected chi connectivity index (χ2v) is 5.04. The molecule has 2 rings (SSSR count). The molecule has 0 bridgehead atoms. The monoisotopic (exact) mass is 280 g/mol. The fourth-order valence-corrected chi connectivity index (χ4v) is 2.30. The molecule has 0 aromatic heterocycles. The standard InChI is InChI=1S/C14H17ClN2O2/c1-2-8-16-13(18)12-7-9-17(14(12)19)11-5-3-10(15)4-6-11/h3-6,12H,2,7-9H2,1H3,(H,16,18)/t12-/m0/s1. The van der Waals surface area contributed by atoms with Crippen molar-refractivity contribution in [2.45, 2.75) is 19.8 Å². The van der Waals surface area contributed by atoms with Crippen LogP contribution in [-0.4, -0.2) is 24.9 Å². The molecule has 1 aromatic carbocycles. The number of hydrogen-bond donors (Lipinski definition) is 1. The first-order valence-corrected chi connectivity index (χ1v) is 6.86. The largest absolute Gasteiger partial charge is 0.355 e. The summed E-state index contributed by atoms with van der Waals surface area (Å²) in [5.74, 6) is -0.846. The van der Waals surface area contributed by atoms with Crippen LogP contribution in [0.15, 0.2) is 24.3 Å². The molecule has 5 heteroatoms. The van der Waals surface area contributed by atoms with Gasteiger partial charge in [-0.25, -0.2) is 0 Å². The van der Waals surface area contributed by atoms with Gasteiger partial charge in [0.1, 0.15) is 5.92 Å². The minimum absolute atomic E-state index is 0.129. The third-order valence-corrected chi connectivity index (χ3v) is 3.46. The topological polar surface area (TPSA) is 49.4 Å². The molecule has 19 heavy (non-hydrogen) atoms. The smallest absolute Gasteiger partial charge is 0.239 e. The van der Waals surface area contributed by atoms with Crippen LogP contribution in [-0.2, 0) is 9.59 Å². The van der Waals surface area contributed by atoms with E-state index >= 15 is 0 Å². The summed E-state index contributed by atoms with van der Waals surface area (Å²) in [5.41, 5.74) is 0.792. The fourth-order valence-electron chi connectivity index (χ4n) is 2.17. The van der Waals surface area contributed by atoms with E-state index in [1.54, 1.807) is 29.2 Å². The summed E-state index contributed by atoms with van der Waals surface area (Å²) in [4.78, 5) is 25.7. The lowest BCUT2D eigenvalue weighted by Crippen LogP contribution is -2.37. The third-order valence-electron chi connectivity index (χ3n) is 3.21. The van der Waals surface area contributed by atoms with Gasteiger partial charge in [-0.05, 0) is 37.1 Å². The van der Waals surface area contributed by atoms with Crippen LogP contribution in [0.5, 0.6) is 0 Å². The van der Waals surface area contributed by atoms with E-state index in [2.05, 4.69) is 5.32 Å². The Bertz CT molecular complexity index is 473. The molecular weight excluding hydrogens is 264 g/mol. The molecule has 2 amide bonds. The van der Waals surface area contributed by atoms with Crippen molar-refractivity contribution in [1.29, 1.82) is 0 Å². The van der Waals surface area contributed by atoms with Gasteiger partial charge in [-0.15, -0.1) is 0 Å². The Kier molecular flexibility index (Phi) is 4.43. The highest BCUT2D eigenvalue weighted by atomic mass is 35.5. The highest BCUT2D eigenvalue weighted by Gasteiger charge is 2.37. The van der Waals surface area contributed by atoms with Crippen LogP contribution in [0.3, 0.4) is 0 Å². The van der Waals surface area contributed by atoms with Gasteiger partial charge in [0.05, 0.1) is 0 Å². The normalized spacial score (nSPS) is 18.7. The highest BCUT2D eigenvalue weighted by Crippen LogP contribution is 2.26. The van der Waals surface area contributed by atoms with Gasteiger partial charge in [-0.2, -0.15) is 0 Å². The second kappa shape index (κ2) is 6.06. The van der Waals surface area contributed by atoms with Crippen molar-refractivity contribution in [1.82, 2.24) is 5.32 Å². The quantitative estimate of drug-likeness (QED) is 0.860. The van der Waals surface area contributed by atoms with Crippen LogP contribution >= 0.6 is 11.6 Å². The molecule has 0 saturated carbocycles. The van der Waals surface area contributed by atoms with E-state index in [4.69, 9.17) is 11.6 Å². The molecule has 0 unspecified atom stereocenters. The number of halogens is 1. The SMILES string of the molecule is CCCNC(=O)[C@@H]1CCN(c2ccc(Cl)cc2)C1=O. The summed E-state index contributed by atoms with van der Waals surface area (Å²) >= 11 is 5.82. The Morgan fingerprint density at radius 1 is 1.42 bits per heavy atom. The number of hydrogen-bond acceptors (Lipinski definition) is 2. The number of carbonyl (C=O) groups excluding carboxylic acids is 2. The first kappa shape index (κ1) is 13.9. The first-order chi connectivity index (χ1) is 9.13. The first-order valence-electron chi connectivity index (χ1n) is 6.48. The van der Waals surface area contributed by atoms with Crippen molar-refractivity contribution in [3.05, 3.63) is 29.3 Å². The van der Waals surface area contributed by atoms with Gasteiger partial charge in [-0.3, -0.25) is 9.59 Å². The van der Waals surface area contributed by atoms with Gasteiger partial charge in [-0.1, -0.05) is 18.5 Å². The Morgan fingerprint density at radius 3 is 2.74 bits per heavy atom. The minimum atomic E-state index is -0.553. The van der Waals surface area contributed by atoms with Gasteiger partial charge in [0.25, 0.3) is 0 Å². The molecule has 1 aliphatic heterocycles. The number of rotatable bonds is 4. The zero-order valence-electron chi connectivity index (χ0n) is 10.9. The Balaban J connectivity index is 2.05. The number of nitrogens with one attached hydrogen (secondary N) is 1. The van der Waals surface area contributed by atoms with Crippen molar-refractivity contribution >= 4 is 29.1 Å². The Morgan fingerprint density at radius 2 is 2.11 bits per heavy atom. The van der Waals surface area contributed by atoms with Crippen molar-refractivity contribution in [3.8, 4) is 0 Å². The van der Waals surface area contributed by atoms with Crippen LogP contribution in [0.1, 0.15) is 19.8 Å². The van der Waals surface area contributed by atoms with E-state index < -0.39 is 5.92 Å². The Hall–Kier alpha value is -1.55. The predicted molar refractivity (Wildman–Crippen MR) is 75.2 cm³/mol. The second-order valence-electron chi connectivity index (χ2n) is 4.60. The fraction of sp³-hybridized carbons (Fsp3) is 0.429. The summed E-state index contributed by atoms with van der Waals surface area (Å²) in [6, 6.07) is 7.09. The van der Waals surface area contributed by atoms with Crippen LogP contribution in [0.2, 0.25) is 5.02 Å². The van der Waals surface area contributed by atoms with Gasteiger partial charge >= 0.3 is 0 Å². The summed E-state index contributed by atoms with van der Waals surface area (Å²) in [7, 11) is 0. The molecule has 1 atom stereocenters. The average molecular weight is 281 g/mol. The molecule has 1 N–H and O–H groups in total. The highest BCUT2D eigenvalue weighted by molar-refractivity contribution is 6.30. The molecule has 1 heterocycles. The molecule has 1 saturated heterocycles. The maximum atomic E-state index is 12.2. The number of nitrogens with zero attached hydrogens (tertiary/aromatic N) is 1. The zero-order chi connectivity index (χ0) is 13.8. The summed E-state index contributed by atoms with van der Waals surface area (Å²) in [6.45, 7) is 3.17. The van der Waals surface area contributed by atoms with E-state index in [9.17, 15) is 9.59 Å². The Labute approximate surface area is 117 Å². The summed E-state index contributed by atoms with van der Waals surface area (Å²) in [6.07, 6.45) is 1.44. The van der Waals surface area contributed by atoms with Gasteiger partial charge in [0, 0.05) is 23.8 Å². The van der Waals surface area contributed by atoms with E-state index in [0.29, 0.717) is 24.5 Å². The van der Waals surface area contributed by atoms with E-state index in [1.807, 2.05) is 6.92 Å². The molecule has 1 aromatic rings. The molecule has 1 fully saturated rings. The van der Waals surface area contributed by atoms with Crippen molar-refractivity contribution in [2.75, 3.05) is 18.0 Å². The lowest BCUT2D eigenvalue weighted by atomic mass is 10.1. The number of carbonyl (C=O) groups is 2. The summed E-state index contributed by atoms with van der Waals surface area (Å²) < 4.78 is 0.